The zero-order chi connectivity index (χ0) is 20.5. The monoisotopic (exact) mass is 384 g/mol. The second-order valence-corrected chi connectivity index (χ2v) is 6.51. The minimum Gasteiger partial charge on any atom is -0.385 e. The molecule has 148 valence electrons. The number of benzene rings is 2. The highest BCUT2D eigenvalue weighted by Gasteiger charge is 2.08. The van der Waals surface area contributed by atoms with Gasteiger partial charge in [0.1, 0.15) is 0 Å². The molecule has 2 aromatic rings. The van der Waals surface area contributed by atoms with Crippen molar-refractivity contribution >= 4 is 23.2 Å². The number of hydrogen-bond donors (Lipinski definition) is 2. The highest BCUT2D eigenvalue weighted by molar-refractivity contribution is 5.93. The van der Waals surface area contributed by atoms with Gasteiger partial charge < -0.3 is 15.5 Å². The van der Waals surface area contributed by atoms with Crippen LogP contribution in [0.4, 0.5) is 11.4 Å². The fourth-order valence-electron chi connectivity index (χ4n) is 2.50. The third kappa shape index (κ3) is 6.39. The van der Waals surface area contributed by atoms with Gasteiger partial charge in [-0.25, -0.2) is 0 Å². The largest absolute Gasteiger partial charge is 0.385 e. The molecule has 0 radical (unpaired) electrons. The lowest BCUT2D eigenvalue weighted by Gasteiger charge is -2.11. The average Bonchev–Trinajstić information content (AvgIpc) is 2.69. The molecule has 2 aromatic carbocycles. The molecule has 0 saturated carbocycles. The van der Waals surface area contributed by atoms with Gasteiger partial charge in [-0.1, -0.05) is 12.1 Å². The molecule has 8 heteroatoms. The van der Waals surface area contributed by atoms with E-state index >= 15 is 0 Å². The van der Waals surface area contributed by atoms with Crippen LogP contribution in [-0.2, 0) is 11.3 Å². The number of anilines is 1. The van der Waals surface area contributed by atoms with Gasteiger partial charge in [0.2, 0.25) is 5.91 Å². The Bertz CT molecular complexity index is 817. The van der Waals surface area contributed by atoms with E-state index in [4.69, 9.17) is 0 Å². The van der Waals surface area contributed by atoms with Crippen molar-refractivity contribution in [3.05, 3.63) is 69.8 Å². The summed E-state index contributed by atoms with van der Waals surface area (Å²) in [6, 6.07) is 13.3. The van der Waals surface area contributed by atoms with E-state index in [2.05, 4.69) is 10.6 Å². The topological polar surface area (TPSA) is 105 Å². The third-order valence-corrected chi connectivity index (χ3v) is 4.08. The average molecular weight is 384 g/mol. The maximum atomic E-state index is 11.9. The molecule has 0 aliphatic rings. The summed E-state index contributed by atoms with van der Waals surface area (Å²) in [6.07, 6.45) is 1.01. The van der Waals surface area contributed by atoms with E-state index in [0.717, 1.165) is 11.3 Å². The number of hydrogen-bond acceptors (Lipinski definition) is 5. The Hall–Kier alpha value is -3.42. The van der Waals surface area contributed by atoms with Crippen LogP contribution in [0.1, 0.15) is 28.8 Å². The van der Waals surface area contributed by atoms with Gasteiger partial charge in [-0.2, -0.15) is 0 Å². The van der Waals surface area contributed by atoms with Crippen LogP contribution in [0.25, 0.3) is 0 Å². The van der Waals surface area contributed by atoms with Crippen LogP contribution in [0, 0.1) is 10.1 Å². The first kappa shape index (κ1) is 20.9. The Labute approximate surface area is 163 Å². The fourth-order valence-corrected chi connectivity index (χ4v) is 2.50. The van der Waals surface area contributed by atoms with Crippen molar-refractivity contribution in [2.24, 2.45) is 0 Å². The minimum absolute atomic E-state index is 0.0454. The van der Waals surface area contributed by atoms with E-state index in [9.17, 15) is 19.7 Å². The molecule has 2 amide bonds. The number of carbonyl (C=O) groups excluding carboxylic acids is 2. The first-order valence-corrected chi connectivity index (χ1v) is 8.92. The zero-order valence-corrected chi connectivity index (χ0v) is 16.0. The van der Waals surface area contributed by atoms with Crippen LogP contribution in [0.15, 0.2) is 48.5 Å². The SMILES string of the molecule is CN(C)C(=O)c1ccc(CNC(=O)CCCNc2ccc([N+](=O)[O-])cc2)cc1. The van der Waals surface area contributed by atoms with E-state index in [1.165, 1.54) is 17.0 Å². The van der Waals surface area contributed by atoms with Gasteiger partial charge in [-0.05, 0) is 36.2 Å². The summed E-state index contributed by atoms with van der Waals surface area (Å²) in [5.41, 5.74) is 2.35. The highest BCUT2D eigenvalue weighted by atomic mass is 16.6. The van der Waals surface area contributed by atoms with E-state index < -0.39 is 4.92 Å². The lowest BCUT2D eigenvalue weighted by molar-refractivity contribution is -0.384. The van der Waals surface area contributed by atoms with Gasteiger partial charge in [0.25, 0.3) is 11.6 Å². The van der Waals surface area contributed by atoms with Crippen LogP contribution >= 0.6 is 0 Å². The van der Waals surface area contributed by atoms with Crippen LogP contribution in [0.3, 0.4) is 0 Å². The molecule has 0 atom stereocenters. The van der Waals surface area contributed by atoms with Crippen LogP contribution in [0.2, 0.25) is 0 Å². The van der Waals surface area contributed by atoms with Crippen molar-refractivity contribution in [1.82, 2.24) is 10.2 Å². The Kier molecular flexibility index (Phi) is 7.50. The van der Waals surface area contributed by atoms with Gasteiger partial charge in [0, 0.05) is 57.0 Å². The number of nitrogens with zero attached hydrogens (tertiary/aromatic N) is 2. The Balaban J connectivity index is 1.67. The Morgan fingerprint density at radius 1 is 1.04 bits per heavy atom. The van der Waals surface area contributed by atoms with Crippen molar-refractivity contribution in [3.8, 4) is 0 Å². The van der Waals surface area contributed by atoms with Gasteiger partial charge in [0.05, 0.1) is 4.92 Å². The maximum absolute atomic E-state index is 11.9. The molecule has 2 rings (SSSR count). The van der Waals surface area contributed by atoms with E-state index in [1.807, 2.05) is 12.1 Å². The molecule has 0 bridgehead atoms. The fraction of sp³-hybridized carbons (Fsp3) is 0.300. The smallest absolute Gasteiger partial charge is 0.269 e. The zero-order valence-electron chi connectivity index (χ0n) is 16.0. The third-order valence-electron chi connectivity index (χ3n) is 4.08. The quantitative estimate of drug-likeness (QED) is 0.393. The number of nitrogens with one attached hydrogen (secondary N) is 2. The van der Waals surface area contributed by atoms with E-state index in [-0.39, 0.29) is 17.5 Å². The number of rotatable bonds is 9. The summed E-state index contributed by atoms with van der Waals surface area (Å²) < 4.78 is 0. The lowest BCUT2D eigenvalue weighted by Crippen LogP contribution is -2.23. The van der Waals surface area contributed by atoms with Crippen LogP contribution in [-0.4, -0.2) is 42.3 Å². The van der Waals surface area contributed by atoms with Crippen molar-refractivity contribution < 1.29 is 14.5 Å². The summed E-state index contributed by atoms with van der Waals surface area (Å²) in [6.45, 7) is 0.998. The standard InChI is InChI=1S/C20H24N4O4/c1-23(2)20(26)16-7-5-15(6-8-16)14-22-19(25)4-3-13-21-17-9-11-18(12-10-17)24(27)28/h5-12,21H,3-4,13-14H2,1-2H3,(H,22,25). The van der Waals surface area contributed by atoms with Crippen molar-refractivity contribution in [3.63, 3.8) is 0 Å². The molecule has 0 aliphatic carbocycles. The minimum atomic E-state index is -0.443. The highest BCUT2D eigenvalue weighted by Crippen LogP contribution is 2.15. The summed E-state index contributed by atoms with van der Waals surface area (Å²) in [4.78, 5) is 35.5. The number of carbonyl (C=O) groups is 2. The van der Waals surface area contributed by atoms with Gasteiger partial charge in [0.15, 0.2) is 0 Å². The molecular formula is C20H24N4O4. The van der Waals surface area contributed by atoms with Crippen LogP contribution in [0.5, 0.6) is 0 Å². The molecule has 28 heavy (non-hydrogen) atoms. The Morgan fingerprint density at radius 2 is 1.68 bits per heavy atom. The summed E-state index contributed by atoms with van der Waals surface area (Å²) in [7, 11) is 3.40. The Morgan fingerprint density at radius 3 is 2.25 bits per heavy atom. The van der Waals surface area contributed by atoms with Crippen molar-refractivity contribution in [1.29, 1.82) is 0 Å². The first-order chi connectivity index (χ1) is 13.4. The number of nitro groups is 1. The predicted octanol–water partition coefficient (Wildman–Crippen LogP) is 2.81. The second-order valence-electron chi connectivity index (χ2n) is 6.51. The summed E-state index contributed by atoms with van der Waals surface area (Å²) >= 11 is 0. The molecular weight excluding hydrogens is 360 g/mol. The molecule has 8 nitrogen and oxygen atoms in total. The molecule has 0 aromatic heterocycles. The molecule has 0 spiro atoms. The summed E-state index contributed by atoms with van der Waals surface area (Å²) in [5, 5.41) is 16.6. The maximum Gasteiger partial charge on any atom is 0.269 e. The van der Waals surface area contributed by atoms with Gasteiger partial charge in [-0.15, -0.1) is 0 Å². The van der Waals surface area contributed by atoms with Crippen LogP contribution < -0.4 is 10.6 Å². The van der Waals surface area contributed by atoms with Crippen molar-refractivity contribution in [2.75, 3.05) is 26.0 Å². The number of nitro benzene ring substituents is 1. The number of amides is 2. The predicted molar refractivity (Wildman–Crippen MR) is 107 cm³/mol. The molecule has 2 N–H and O–H groups in total. The van der Waals surface area contributed by atoms with E-state index in [0.29, 0.717) is 31.5 Å². The van der Waals surface area contributed by atoms with E-state index in [1.54, 1.807) is 38.4 Å². The first-order valence-electron chi connectivity index (χ1n) is 8.92. The number of non-ortho nitro benzene ring substituents is 1. The summed E-state index contributed by atoms with van der Waals surface area (Å²) in [5.74, 6) is -0.116. The van der Waals surface area contributed by atoms with Gasteiger partial charge >= 0.3 is 0 Å². The molecule has 0 saturated heterocycles. The molecule has 0 aliphatic heterocycles. The molecule has 0 heterocycles. The molecule has 0 fully saturated rings. The lowest BCUT2D eigenvalue weighted by atomic mass is 10.1. The molecule has 0 unspecified atom stereocenters. The second kappa shape index (κ2) is 10.1. The van der Waals surface area contributed by atoms with Crippen molar-refractivity contribution in [2.45, 2.75) is 19.4 Å². The van der Waals surface area contributed by atoms with Gasteiger partial charge in [-0.3, -0.25) is 19.7 Å². The normalized spacial score (nSPS) is 10.2.